The SMILES string of the molecule is Cl.O=C1Nc2ccc(CC3CCNC3=O)c(F)c2/C1=C/c1cc(CN2CC3CC3C2)c[nH]1. The molecule has 32 heavy (non-hydrogen) atoms. The Morgan fingerprint density at radius 2 is 2.00 bits per heavy atom. The molecular weight excluding hydrogens is 431 g/mol. The van der Waals surface area contributed by atoms with E-state index in [0.717, 1.165) is 24.1 Å². The second-order valence-corrected chi connectivity index (χ2v) is 9.37. The Labute approximate surface area is 192 Å². The zero-order chi connectivity index (χ0) is 21.1. The number of carbonyl (C=O) groups excluding carboxylic acids is 2. The number of hydrogen-bond donors (Lipinski definition) is 3. The number of aromatic amines is 1. The van der Waals surface area contributed by atoms with Crippen LogP contribution in [0.2, 0.25) is 0 Å². The first kappa shape index (κ1) is 21.2. The fourth-order valence-electron chi connectivity index (χ4n) is 5.36. The van der Waals surface area contributed by atoms with Crippen molar-refractivity contribution in [2.75, 3.05) is 25.0 Å². The normalized spacial score (nSPS) is 27.2. The van der Waals surface area contributed by atoms with Crippen molar-refractivity contribution in [3.05, 3.63) is 52.6 Å². The summed E-state index contributed by atoms with van der Waals surface area (Å²) in [6.45, 7) is 3.89. The Balaban J connectivity index is 0.00000216. The first-order valence-electron chi connectivity index (χ1n) is 11.1. The molecule has 1 aromatic carbocycles. The van der Waals surface area contributed by atoms with Gasteiger partial charge in [0.15, 0.2) is 0 Å². The van der Waals surface area contributed by atoms with Crippen molar-refractivity contribution < 1.29 is 14.0 Å². The van der Waals surface area contributed by atoms with E-state index >= 15 is 4.39 Å². The lowest BCUT2D eigenvalue weighted by Crippen LogP contribution is -2.21. The third-order valence-corrected chi connectivity index (χ3v) is 7.14. The van der Waals surface area contributed by atoms with Crippen LogP contribution >= 0.6 is 12.4 Å². The van der Waals surface area contributed by atoms with Gasteiger partial charge in [0.2, 0.25) is 5.91 Å². The van der Waals surface area contributed by atoms with Gasteiger partial charge in [0, 0.05) is 49.6 Å². The summed E-state index contributed by atoms with van der Waals surface area (Å²) in [5.74, 6) is 0.829. The molecule has 1 aliphatic carbocycles. The number of amides is 2. The molecule has 3 unspecified atom stereocenters. The largest absolute Gasteiger partial charge is 0.361 e. The second-order valence-electron chi connectivity index (χ2n) is 9.37. The Bertz CT molecular complexity index is 1120. The van der Waals surface area contributed by atoms with Gasteiger partial charge in [0.05, 0.1) is 11.3 Å². The predicted octanol–water partition coefficient (Wildman–Crippen LogP) is 3.20. The first-order valence-corrected chi connectivity index (χ1v) is 11.1. The lowest BCUT2D eigenvalue weighted by atomic mass is 9.94. The highest BCUT2D eigenvalue weighted by Gasteiger charge is 2.44. The Morgan fingerprint density at radius 1 is 1.19 bits per heavy atom. The highest BCUT2D eigenvalue weighted by Crippen LogP contribution is 2.45. The Hall–Kier alpha value is -2.64. The van der Waals surface area contributed by atoms with Crippen molar-refractivity contribution in [3.8, 4) is 0 Å². The summed E-state index contributed by atoms with van der Waals surface area (Å²) in [5.41, 5.74) is 3.54. The van der Waals surface area contributed by atoms with E-state index in [1.54, 1.807) is 18.2 Å². The van der Waals surface area contributed by atoms with E-state index in [0.29, 0.717) is 41.8 Å². The van der Waals surface area contributed by atoms with Crippen LogP contribution in [-0.2, 0) is 22.6 Å². The number of piperidine rings is 1. The molecule has 3 atom stereocenters. The Kier molecular flexibility index (Phi) is 5.34. The van der Waals surface area contributed by atoms with Gasteiger partial charge in [-0.25, -0.2) is 4.39 Å². The van der Waals surface area contributed by atoms with Crippen LogP contribution in [0.3, 0.4) is 0 Å². The average Bonchev–Trinajstić information content (AvgIpc) is 3.15. The van der Waals surface area contributed by atoms with Gasteiger partial charge in [-0.05, 0) is 60.4 Å². The number of nitrogens with zero attached hydrogens (tertiary/aromatic N) is 1. The maximum Gasteiger partial charge on any atom is 0.256 e. The van der Waals surface area contributed by atoms with Gasteiger partial charge in [-0.15, -0.1) is 12.4 Å². The summed E-state index contributed by atoms with van der Waals surface area (Å²) < 4.78 is 15.4. The standard InChI is InChI=1S/C24H25FN4O2.ClH/c25-22-14(6-15-3-4-26-23(15)30)1-2-20-21(22)19(24(31)28-20)8-18-5-13(9-27-18)10-29-11-16-7-17(16)12-29;/h1-2,5,8-9,15-17,27H,3-4,6-7,10-12H2,(H,26,30)(H,28,31);1H/b19-8-;. The number of rotatable bonds is 5. The van der Waals surface area contributed by atoms with Gasteiger partial charge in [-0.2, -0.15) is 0 Å². The third-order valence-electron chi connectivity index (χ3n) is 7.14. The van der Waals surface area contributed by atoms with Crippen LogP contribution < -0.4 is 10.6 Å². The number of fused-ring (bicyclic) bond motifs is 2. The van der Waals surface area contributed by atoms with Gasteiger partial charge < -0.3 is 15.6 Å². The molecule has 1 saturated carbocycles. The molecule has 0 bridgehead atoms. The summed E-state index contributed by atoms with van der Waals surface area (Å²) in [6.07, 6.45) is 6.13. The second kappa shape index (κ2) is 8.05. The van der Waals surface area contributed by atoms with Crippen molar-refractivity contribution in [1.82, 2.24) is 15.2 Å². The van der Waals surface area contributed by atoms with Crippen LogP contribution in [0.15, 0.2) is 24.4 Å². The van der Waals surface area contributed by atoms with Crippen LogP contribution in [0.25, 0.3) is 11.6 Å². The topological polar surface area (TPSA) is 77.2 Å². The highest BCUT2D eigenvalue weighted by atomic mass is 35.5. The lowest BCUT2D eigenvalue weighted by molar-refractivity contribution is -0.122. The van der Waals surface area contributed by atoms with Gasteiger partial charge in [-0.1, -0.05) is 6.07 Å². The van der Waals surface area contributed by atoms with Gasteiger partial charge in [-0.3, -0.25) is 14.5 Å². The number of nitrogens with one attached hydrogen (secondary N) is 3. The van der Waals surface area contributed by atoms with Crippen molar-refractivity contribution in [3.63, 3.8) is 0 Å². The number of halogens is 2. The van der Waals surface area contributed by atoms with Crippen LogP contribution in [0.4, 0.5) is 10.1 Å². The summed E-state index contributed by atoms with van der Waals surface area (Å²) in [6, 6.07) is 5.45. The molecule has 0 radical (unpaired) electrons. The highest BCUT2D eigenvalue weighted by molar-refractivity contribution is 6.35. The molecule has 2 amide bonds. The van der Waals surface area contributed by atoms with Crippen LogP contribution in [-0.4, -0.2) is 41.3 Å². The number of anilines is 1. The minimum Gasteiger partial charge on any atom is -0.361 e. The van der Waals surface area contributed by atoms with E-state index in [4.69, 9.17) is 0 Å². The number of carbonyl (C=O) groups is 2. The third kappa shape index (κ3) is 3.73. The molecule has 2 saturated heterocycles. The molecule has 1 aromatic heterocycles. The van der Waals surface area contributed by atoms with E-state index in [1.807, 2.05) is 12.3 Å². The molecule has 2 aromatic rings. The lowest BCUT2D eigenvalue weighted by Gasteiger charge is -2.15. The monoisotopic (exact) mass is 456 g/mol. The number of H-pyrrole nitrogens is 1. The van der Waals surface area contributed by atoms with Crippen molar-refractivity contribution >= 4 is 41.6 Å². The molecule has 6 rings (SSSR count). The zero-order valence-corrected chi connectivity index (χ0v) is 18.4. The Morgan fingerprint density at radius 3 is 2.75 bits per heavy atom. The minimum atomic E-state index is -0.412. The molecular formula is C24H26ClFN4O2. The van der Waals surface area contributed by atoms with E-state index in [2.05, 4.69) is 20.5 Å². The molecule has 8 heteroatoms. The maximum atomic E-state index is 15.4. The number of benzene rings is 1. The summed E-state index contributed by atoms with van der Waals surface area (Å²) >= 11 is 0. The quantitative estimate of drug-likeness (QED) is 0.605. The minimum absolute atomic E-state index is 0. The van der Waals surface area contributed by atoms with E-state index in [9.17, 15) is 9.59 Å². The molecule has 0 spiro atoms. The predicted molar refractivity (Wildman–Crippen MR) is 123 cm³/mol. The van der Waals surface area contributed by atoms with Gasteiger partial charge in [0.25, 0.3) is 5.91 Å². The number of likely N-dealkylation sites (tertiary alicyclic amines) is 1. The summed E-state index contributed by atoms with van der Waals surface area (Å²) in [5, 5.41) is 5.56. The fourth-order valence-corrected chi connectivity index (χ4v) is 5.36. The van der Waals surface area contributed by atoms with Gasteiger partial charge in [0.1, 0.15) is 5.82 Å². The van der Waals surface area contributed by atoms with E-state index < -0.39 is 5.82 Å². The molecule has 3 N–H and O–H groups in total. The van der Waals surface area contributed by atoms with Crippen molar-refractivity contribution in [1.29, 1.82) is 0 Å². The molecule has 168 valence electrons. The number of hydrogen-bond acceptors (Lipinski definition) is 3. The van der Waals surface area contributed by atoms with Crippen LogP contribution in [0.5, 0.6) is 0 Å². The van der Waals surface area contributed by atoms with Crippen LogP contribution in [0, 0.1) is 23.6 Å². The van der Waals surface area contributed by atoms with Crippen molar-refractivity contribution in [2.45, 2.75) is 25.8 Å². The average molecular weight is 457 g/mol. The summed E-state index contributed by atoms with van der Waals surface area (Å²) in [4.78, 5) is 30.2. The fraction of sp³-hybridized carbons (Fsp3) is 0.417. The molecule has 6 nitrogen and oxygen atoms in total. The zero-order valence-electron chi connectivity index (χ0n) is 17.6. The van der Waals surface area contributed by atoms with Crippen LogP contribution in [0.1, 0.15) is 35.2 Å². The molecule has 4 heterocycles. The van der Waals surface area contributed by atoms with E-state index in [1.165, 1.54) is 25.1 Å². The molecule has 4 aliphatic rings. The van der Waals surface area contributed by atoms with Gasteiger partial charge >= 0.3 is 0 Å². The van der Waals surface area contributed by atoms with Crippen molar-refractivity contribution in [2.24, 2.45) is 17.8 Å². The number of aromatic nitrogens is 1. The summed E-state index contributed by atoms with van der Waals surface area (Å²) in [7, 11) is 0. The maximum absolute atomic E-state index is 15.4. The first-order chi connectivity index (χ1) is 15.0. The molecule has 3 fully saturated rings. The molecule has 3 aliphatic heterocycles. The van der Waals surface area contributed by atoms with E-state index in [-0.39, 0.29) is 30.1 Å². The smallest absolute Gasteiger partial charge is 0.256 e.